The Balaban J connectivity index is 2.96. The van der Waals surface area contributed by atoms with Crippen molar-refractivity contribution in [1.82, 2.24) is 4.63 Å². The molecule has 1 rings (SSSR count). The third-order valence-electron chi connectivity index (χ3n) is 1.86. The predicted octanol–water partition coefficient (Wildman–Crippen LogP) is 2.12. The molecule has 0 aliphatic carbocycles. The Morgan fingerprint density at radius 1 is 1.29 bits per heavy atom. The van der Waals surface area contributed by atoms with Crippen LogP contribution in [0.3, 0.4) is 0 Å². The van der Waals surface area contributed by atoms with Gasteiger partial charge in [-0.15, -0.1) is 0 Å². The van der Waals surface area contributed by atoms with E-state index in [2.05, 4.69) is 4.94 Å². The zero-order valence-electron chi connectivity index (χ0n) is 8.44. The van der Waals surface area contributed by atoms with E-state index in [1.54, 1.807) is 0 Å². The van der Waals surface area contributed by atoms with Gasteiger partial charge in [0, 0.05) is 21.5 Å². The molecule has 0 bridgehead atoms. The molecular formula is C9H14N2O2S. The largest absolute Gasteiger partial charge is 0.278 e. The summed E-state index contributed by atoms with van der Waals surface area (Å²) >= 11 is 1.05. The second-order valence-corrected chi connectivity index (χ2v) is 4.07. The van der Waals surface area contributed by atoms with Crippen LogP contribution in [-0.4, -0.2) is 9.84 Å². The normalized spacial score (nSPS) is 11.0. The lowest BCUT2D eigenvalue weighted by molar-refractivity contribution is -0.263. The molecule has 14 heavy (non-hydrogen) atoms. The summed E-state index contributed by atoms with van der Waals surface area (Å²) in [7, 11) is 0. The van der Waals surface area contributed by atoms with Gasteiger partial charge in [-0.3, -0.25) is 5.21 Å². The Bertz CT molecular complexity index is 308. The molecule has 3 N–H and O–H groups in total. The Labute approximate surface area is 87.7 Å². The zero-order valence-corrected chi connectivity index (χ0v) is 9.26. The standard InChI is InChI=1S/C9H14N2O2S/c1-6-4-7(2)9(8(3)5-6)14-11(12)13-10/h4-5,12H,10H2,1-3H3. The number of benzene rings is 1. The van der Waals surface area contributed by atoms with Crippen LogP contribution in [0.5, 0.6) is 0 Å². The third kappa shape index (κ3) is 2.70. The van der Waals surface area contributed by atoms with Crippen molar-refractivity contribution in [3.05, 3.63) is 28.8 Å². The summed E-state index contributed by atoms with van der Waals surface area (Å²) in [4.78, 5) is 5.09. The molecule has 0 saturated heterocycles. The molecule has 0 aliphatic rings. The molecule has 0 fully saturated rings. The quantitative estimate of drug-likeness (QED) is 0.596. The van der Waals surface area contributed by atoms with Crippen LogP contribution in [0, 0.1) is 20.8 Å². The Kier molecular flexibility index (Phi) is 3.91. The number of hydrogen-bond acceptors (Lipinski definition) is 5. The molecule has 0 radical (unpaired) electrons. The topological polar surface area (TPSA) is 58.7 Å². The van der Waals surface area contributed by atoms with Crippen molar-refractivity contribution in [2.24, 2.45) is 5.90 Å². The molecule has 1 aromatic rings. The van der Waals surface area contributed by atoms with Crippen LogP contribution in [0.4, 0.5) is 0 Å². The highest BCUT2D eigenvalue weighted by atomic mass is 32.2. The Hall–Kier alpha value is -0.590. The van der Waals surface area contributed by atoms with Gasteiger partial charge in [0.25, 0.3) is 0 Å². The fourth-order valence-corrected chi connectivity index (χ4v) is 2.02. The minimum atomic E-state index is 0.532. The minimum absolute atomic E-state index is 0.532. The van der Waals surface area contributed by atoms with Gasteiger partial charge in [0.1, 0.15) is 0 Å². The van der Waals surface area contributed by atoms with Gasteiger partial charge in [-0.1, -0.05) is 17.7 Å². The van der Waals surface area contributed by atoms with Gasteiger partial charge in [0.15, 0.2) is 0 Å². The summed E-state index contributed by atoms with van der Waals surface area (Å²) in [6.07, 6.45) is 0. The molecule has 4 nitrogen and oxygen atoms in total. The molecule has 5 heteroatoms. The van der Waals surface area contributed by atoms with Crippen LogP contribution in [0.15, 0.2) is 17.0 Å². The second-order valence-electron chi connectivity index (χ2n) is 3.16. The van der Waals surface area contributed by atoms with Crippen LogP contribution in [0.25, 0.3) is 0 Å². The van der Waals surface area contributed by atoms with Crippen molar-refractivity contribution < 1.29 is 10.1 Å². The molecule has 0 spiro atoms. The highest BCUT2D eigenvalue weighted by Crippen LogP contribution is 2.28. The second kappa shape index (κ2) is 4.77. The summed E-state index contributed by atoms with van der Waals surface area (Å²) in [5.74, 6) is 4.81. The maximum absolute atomic E-state index is 9.08. The molecule has 0 saturated carbocycles. The van der Waals surface area contributed by atoms with Crippen molar-refractivity contribution in [3.8, 4) is 0 Å². The van der Waals surface area contributed by atoms with E-state index >= 15 is 0 Å². The van der Waals surface area contributed by atoms with Crippen molar-refractivity contribution in [2.45, 2.75) is 25.7 Å². The van der Waals surface area contributed by atoms with Crippen LogP contribution < -0.4 is 5.90 Å². The highest BCUT2D eigenvalue weighted by molar-refractivity contribution is 7.96. The lowest BCUT2D eigenvalue weighted by Crippen LogP contribution is -2.16. The van der Waals surface area contributed by atoms with Gasteiger partial charge in [-0.05, 0) is 31.9 Å². The first-order valence-corrected chi connectivity index (χ1v) is 4.93. The average molecular weight is 214 g/mol. The van der Waals surface area contributed by atoms with Gasteiger partial charge in [0.05, 0.1) is 0 Å². The van der Waals surface area contributed by atoms with E-state index in [0.29, 0.717) is 4.63 Å². The van der Waals surface area contributed by atoms with Crippen LogP contribution in [0.1, 0.15) is 16.7 Å². The van der Waals surface area contributed by atoms with Crippen molar-refractivity contribution >= 4 is 11.9 Å². The van der Waals surface area contributed by atoms with Gasteiger partial charge >= 0.3 is 0 Å². The maximum Gasteiger partial charge on any atom is 0.0335 e. The first-order chi connectivity index (χ1) is 6.54. The first kappa shape index (κ1) is 11.5. The molecule has 0 amide bonds. The van der Waals surface area contributed by atoms with E-state index in [0.717, 1.165) is 28.0 Å². The average Bonchev–Trinajstić information content (AvgIpc) is 2.10. The van der Waals surface area contributed by atoms with Crippen molar-refractivity contribution in [2.75, 3.05) is 0 Å². The fraction of sp³-hybridized carbons (Fsp3) is 0.333. The number of hydrogen-bond donors (Lipinski definition) is 2. The van der Waals surface area contributed by atoms with E-state index in [1.165, 1.54) is 5.56 Å². The molecule has 1 aromatic carbocycles. The number of nitrogens with two attached hydrogens (primary N) is 1. The van der Waals surface area contributed by atoms with Gasteiger partial charge in [-0.25, -0.2) is 0 Å². The lowest BCUT2D eigenvalue weighted by atomic mass is 10.1. The highest BCUT2D eigenvalue weighted by Gasteiger charge is 2.09. The first-order valence-electron chi connectivity index (χ1n) is 4.16. The van der Waals surface area contributed by atoms with Crippen LogP contribution in [-0.2, 0) is 4.94 Å². The monoisotopic (exact) mass is 214 g/mol. The van der Waals surface area contributed by atoms with Crippen LogP contribution >= 0.6 is 11.9 Å². The molecule has 0 aromatic heterocycles. The molecule has 0 heterocycles. The summed E-state index contributed by atoms with van der Waals surface area (Å²) in [5, 5.41) is 9.08. The van der Waals surface area contributed by atoms with Gasteiger partial charge in [0.2, 0.25) is 0 Å². The number of aryl methyl sites for hydroxylation is 3. The number of rotatable bonds is 3. The number of nitrogens with zero attached hydrogens (tertiary/aromatic N) is 1. The summed E-state index contributed by atoms with van der Waals surface area (Å²) < 4.78 is 0.532. The van der Waals surface area contributed by atoms with E-state index in [-0.39, 0.29) is 0 Å². The summed E-state index contributed by atoms with van der Waals surface area (Å²) in [6.45, 7) is 5.99. The summed E-state index contributed by atoms with van der Waals surface area (Å²) in [6, 6.07) is 4.08. The zero-order chi connectivity index (χ0) is 10.7. The van der Waals surface area contributed by atoms with E-state index < -0.39 is 0 Å². The third-order valence-corrected chi connectivity index (χ3v) is 2.93. The van der Waals surface area contributed by atoms with Crippen LogP contribution in [0.2, 0.25) is 0 Å². The van der Waals surface area contributed by atoms with Gasteiger partial charge < -0.3 is 0 Å². The molecule has 78 valence electrons. The Morgan fingerprint density at radius 2 is 1.79 bits per heavy atom. The minimum Gasteiger partial charge on any atom is -0.278 e. The van der Waals surface area contributed by atoms with Gasteiger partial charge in [-0.2, -0.15) is 10.8 Å². The molecular weight excluding hydrogens is 200 g/mol. The van der Waals surface area contributed by atoms with Crippen molar-refractivity contribution in [1.29, 1.82) is 0 Å². The maximum atomic E-state index is 9.08. The SMILES string of the molecule is Cc1cc(C)c(SN(O)ON)c(C)c1. The van der Waals surface area contributed by atoms with E-state index in [4.69, 9.17) is 11.1 Å². The van der Waals surface area contributed by atoms with E-state index in [1.807, 2.05) is 32.9 Å². The summed E-state index contributed by atoms with van der Waals surface area (Å²) in [5.41, 5.74) is 3.37. The molecule has 0 unspecified atom stereocenters. The molecule has 0 aliphatic heterocycles. The smallest absolute Gasteiger partial charge is 0.0335 e. The fourth-order valence-electron chi connectivity index (χ4n) is 1.41. The Morgan fingerprint density at radius 3 is 2.21 bits per heavy atom. The van der Waals surface area contributed by atoms with Crippen molar-refractivity contribution in [3.63, 3.8) is 0 Å². The predicted molar refractivity (Wildman–Crippen MR) is 55.4 cm³/mol. The lowest BCUT2D eigenvalue weighted by Gasteiger charge is -2.13. The molecule has 0 atom stereocenters. The van der Waals surface area contributed by atoms with E-state index in [9.17, 15) is 0 Å².